The Morgan fingerprint density at radius 3 is 2.79 bits per heavy atom. The number of carboxylic acids is 1. The molecule has 0 saturated carbocycles. The summed E-state index contributed by atoms with van der Waals surface area (Å²) >= 11 is 0. The van der Waals surface area contributed by atoms with E-state index in [4.69, 9.17) is 9.84 Å². The number of aryl methyl sites for hydroxylation is 1. The molecule has 1 aromatic rings. The maximum atomic E-state index is 11.8. The number of benzene rings is 1. The highest BCUT2D eigenvalue weighted by Gasteiger charge is 2.07. The summed E-state index contributed by atoms with van der Waals surface area (Å²) in [6.45, 7) is 1.11. The van der Waals surface area contributed by atoms with E-state index in [9.17, 15) is 9.18 Å². The van der Waals surface area contributed by atoms with Crippen LogP contribution < -0.4 is 4.74 Å². The maximum Gasteiger partial charge on any atom is 0.335 e. The molecule has 4 heteroatoms. The molecule has 0 unspecified atom stereocenters. The summed E-state index contributed by atoms with van der Waals surface area (Å²) in [5.41, 5.74) is 0.839. The molecule has 1 N–H and O–H groups in total. The van der Waals surface area contributed by atoms with E-state index < -0.39 is 12.6 Å². The fraction of sp³-hybridized carbons (Fsp3) is 0.300. The van der Waals surface area contributed by atoms with Gasteiger partial charge in [-0.1, -0.05) is 0 Å². The van der Waals surface area contributed by atoms with Crippen LogP contribution in [0.5, 0.6) is 5.75 Å². The van der Waals surface area contributed by atoms with Crippen molar-refractivity contribution in [1.29, 1.82) is 0 Å². The van der Waals surface area contributed by atoms with E-state index in [0.29, 0.717) is 11.3 Å². The number of aromatic carboxylic acids is 1. The van der Waals surface area contributed by atoms with Crippen LogP contribution in [0.25, 0.3) is 0 Å². The van der Waals surface area contributed by atoms with E-state index in [-0.39, 0.29) is 12.2 Å². The largest absolute Gasteiger partial charge is 0.491 e. The third-order valence-electron chi connectivity index (χ3n) is 1.77. The van der Waals surface area contributed by atoms with Crippen molar-refractivity contribution in [3.05, 3.63) is 29.3 Å². The first kappa shape index (κ1) is 10.5. The van der Waals surface area contributed by atoms with Gasteiger partial charge in [-0.05, 0) is 30.7 Å². The van der Waals surface area contributed by atoms with E-state index in [0.717, 1.165) is 0 Å². The van der Waals surface area contributed by atoms with Crippen LogP contribution in [0.2, 0.25) is 0 Å². The standard InChI is InChI=1S/C10H11FO3/c1-7-6-8(14-5-4-11)2-3-9(7)10(12)13/h2-3,6H,4-5H2,1H3,(H,12,13). The molecule has 0 aromatic heterocycles. The van der Waals surface area contributed by atoms with E-state index >= 15 is 0 Å². The third-order valence-corrected chi connectivity index (χ3v) is 1.77. The van der Waals surface area contributed by atoms with Gasteiger partial charge in [-0.3, -0.25) is 0 Å². The molecular weight excluding hydrogens is 187 g/mol. The van der Waals surface area contributed by atoms with Gasteiger partial charge in [0.2, 0.25) is 0 Å². The van der Waals surface area contributed by atoms with Crippen LogP contribution in [0, 0.1) is 6.92 Å². The van der Waals surface area contributed by atoms with E-state index in [2.05, 4.69) is 0 Å². The van der Waals surface area contributed by atoms with Gasteiger partial charge in [0.25, 0.3) is 0 Å². The van der Waals surface area contributed by atoms with Crippen LogP contribution in [0.3, 0.4) is 0 Å². The minimum atomic E-state index is -0.973. The van der Waals surface area contributed by atoms with Crippen molar-refractivity contribution in [3.8, 4) is 5.75 Å². The summed E-state index contributed by atoms with van der Waals surface area (Å²) in [6.07, 6.45) is 0. The monoisotopic (exact) mass is 198 g/mol. The van der Waals surface area contributed by atoms with Crippen molar-refractivity contribution >= 4 is 5.97 Å². The number of alkyl halides is 1. The highest BCUT2D eigenvalue weighted by atomic mass is 19.1. The van der Waals surface area contributed by atoms with Gasteiger partial charge < -0.3 is 9.84 Å². The predicted octanol–water partition coefficient (Wildman–Crippen LogP) is 2.04. The average Bonchev–Trinajstić information content (AvgIpc) is 2.14. The van der Waals surface area contributed by atoms with Crippen LogP contribution in [0.4, 0.5) is 4.39 Å². The van der Waals surface area contributed by atoms with Gasteiger partial charge in [-0.2, -0.15) is 0 Å². The van der Waals surface area contributed by atoms with E-state index in [1.165, 1.54) is 12.1 Å². The zero-order valence-electron chi connectivity index (χ0n) is 7.79. The van der Waals surface area contributed by atoms with Gasteiger partial charge in [0, 0.05) is 0 Å². The lowest BCUT2D eigenvalue weighted by atomic mass is 10.1. The van der Waals surface area contributed by atoms with Crippen LogP contribution >= 0.6 is 0 Å². The lowest BCUT2D eigenvalue weighted by Crippen LogP contribution is -2.02. The van der Waals surface area contributed by atoms with Crippen LogP contribution in [-0.2, 0) is 0 Å². The first-order valence-corrected chi connectivity index (χ1v) is 4.18. The Balaban J connectivity index is 2.83. The normalized spacial score (nSPS) is 9.86. The molecule has 0 amide bonds. The summed E-state index contributed by atoms with van der Waals surface area (Å²) < 4.78 is 16.8. The second-order valence-electron chi connectivity index (χ2n) is 2.82. The van der Waals surface area contributed by atoms with Crippen molar-refractivity contribution in [1.82, 2.24) is 0 Å². The van der Waals surface area contributed by atoms with Gasteiger partial charge in [-0.25, -0.2) is 9.18 Å². The average molecular weight is 198 g/mol. The quantitative estimate of drug-likeness (QED) is 0.805. The van der Waals surface area contributed by atoms with Crippen molar-refractivity contribution in [3.63, 3.8) is 0 Å². The SMILES string of the molecule is Cc1cc(OCCF)ccc1C(=O)O. The Morgan fingerprint density at radius 1 is 1.57 bits per heavy atom. The molecular formula is C10H11FO3. The van der Waals surface area contributed by atoms with Crippen LogP contribution in [-0.4, -0.2) is 24.4 Å². The number of rotatable bonds is 4. The zero-order valence-corrected chi connectivity index (χ0v) is 7.79. The van der Waals surface area contributed by atoms with Gasteiger partial charge in [0.15, 0.2) is 0 Å². The number of carboxylic acid groups (broad SMARTS) is 1. The molecule has 0 heterocycles. The zero-order chi connectivity index (χ0) is 10.6. The molecule has 0 bridgehead atoms. The Bertz CT molecular complexity index is 336. The summed E-state index contributed by atoms with van der Waals surface area (Å²) in [6, 6.07) is 4.55. The topological polar surface area (TPSA) is 46.5 Å². The lowest BCUT2D eigenvalue weighted by molar-refractivity contribution is 0.0696. The molecule has 0 aliphatic rings. The van der Waals surface area contributed by atoms with E-state index in [1.54, 1.807) is 13.0 Å². The number of carbonyl (C=O) groups is 1. The van der Waals surface area contributed by atoms with E-state index in [1.807, 2.05) is 0 Å². The van der Waals surface area contributed by atoms with Gasteiger partial charge in [-0.15, -0.1) is 0 Å². The minimum absolute atomic E-state index is 0.00808. The fourth-order valence-electron chi connectivity index (χ4n) is 1.12. The molecule has 0 spiro atoms. The van der Waals surface area contributed by atoms with Gasteiger partial charge in [0.05, 0.1) is 5.56 Å². The number of hydrogen-bond acceptors (Lipinski definition) is 2. The molecule has 0 radical (unpaired) electrons. The molecule has 0 aliphatic carbocycles. The summed E-state index contributed by atoms with van der Waals surface area (Å²) in [4.78, 5) is 10.6. The molecule has 1 rings (SSSR count). The fourth-order valence-corrected chi connectivity index (χ4v) is 1.12. The molecule has 0 saturated heterocycles. The highest BCUT2D eigenvalue weighted by Crippen LogP contribution is 2.17. The van der Waals surface area contributed by atoms with Crippen molar-refractivity contribution in [2.75, 3.05) is 13.3 Å². The molecule has 0 atom stereocenters. The molecule has 3 nitrogen and oxygen atoms in total. The molecule has 76 valence electrons. The van der Waals surface area contributed by atoms with Crippen molar-refractivity contribution in [2.24, 2.45) is 0 Å². The van der Waals surface area contributed by atoms with Crippen LogP contribution in [0.1, 0.15) is 15.9 Å². The first-order chi connectivity index (χ1) is 6.65. The van der Waals surface area contributed by atoms with Crippen molar-refractivity contribution in [2.45, 2.75) is 6.92 Å². The summed E-state index contributed by atoms with van der Waals surface area (Å²) in [5, 5.41) is 8.73. The summed E-state index contributed by atoms with van der Waals surface area (Å²) in [7, 11) is 0. The predicted molar refractivity (Wildman–Crippen MR) is 49.6 cm³/mol. The Kier molecular flexibility index (Phi) is 3.45. The number of ether oxygens (including phenoxy) is 1. The van der Waals surface area contributed by atoms with Gasteiger partial charge in [0.1, 0.15) is 19.0 Å². The van der Waals surface area contributed by atoms with Crippen LogP contribution in [0.15, 0.2) is 18.2 Å². The first-order valence-electron chi connectivity index (χ1n) is 4.18. The maximum absolute atomic E-state index is 11.8. The smallest absolute Gasteiger partial charge is 0.335 e. The molecule has 1 aromatic carbocycles. The molecule has 0 aliphatic heterocycles. The number of halogens is 1. The Hall–Kier alpha value is -1.58. The number of hydrogen-bond donors (Lipinski definition) is 1. The minimum Gasteiger partial charge on any atom is -0.491 e. The lowest BCUT2D eigenvalue weighted by Gasteiger charge is -2.06. The second-order valence-corrected chi connectivity index (χ2v) is 2.82. The molecule has 0 fully saturated rings. The third kappa shape index (κ3) is 2.45. The van der Waals surface area contributed by atoms with Crippen molar-refractivity contribution < 1.29 is 19.0 Å². The Labute approximate surface area is 81.1 Å². The second kappa shape index (κ2) is 4.60. The molecule has 14 heavy (non-hydrogen) atoms. The Morgan fingerprint density at radius 2 is 2.29 bits per heavy atom. The van der Waals surface area contributed by atoms with Gasteiger partial charge >= 0.3 is 5.97 Å². The summed E-state index contributed by atoms with van der Waals surface area (Å²) in [5.74, 6) is -0.482. The highest BCUT2D eigenvalue weighted by molar-refractivity contribution is 5.89.